The summed E-state index contributed by atoms with van der Waals surface area (Å²) in [5.74, 6) is -0.693. The molecule has 3 nitrogen and oxygen atoms in total. The van der Waals surface area contributed by atoms with Gasteiger partial charge in [-0.1, -0.05) is 49.9 Å². The molecule has 1 unspecified atom stereocenters. The summed E-state index contributed by atoms with van der Waals surface area (Å²) in [5, 5.41) is 9.71. The van der Waals surface area contributed by atoms with Gasteiger partial charge in [-0.2, -0.15) is 0 Å². The normalized spacial score (nSPS) is 24.9. The lowest BCUT2D eigenvalue weighted by Crippen LogP contribution is -2.45. The first kappa shape index (κ1) is 13.6. The number of aliphatic carboxylic acids is 1. The summed E-state index contributed by atoms with van der Waals surface area (Å²) >= 11 is 0. The van der Waals surface area contributed by atoms with Crippen molar-refractivity contribution >= 4 is 5.97 Å². The third kappa shape index (κ3) is 2.59. The molecule has 3 rings (SSSR count). The number of hydrogen-bond acceptors (Lipinski definition) is 2. The van der Waals surface area contributed by atoms with Crippen LogP contribution in [0.3, 0.4) is 0 Å². The maximum atomic E-state index is 11.8. The van der Waals surface area contributed by atoms with Gasteiger partial charge in [-0.3, -0.25) is 9.69 Å². The fourth-order valence-electron chi connectivity index (χ4n) is 3.84. The van der Waals surface area contributed by atoms with Crippen LogP contribution in [-0.2, 0) is 11.2 Å². The molecule has 1 aromatic carbocycles. The molecule has 0 radical (unpaired) electrons. The van der Waals surface area contributed by atoms with Crippen LogP contribution in [0, 0.1) is 0 Å². The Hall–Kier alpha value is -1.35. The van der Waals surface area contributed by atoms with Crippen molar-refractivity contribution in [1.29, 1.82) is 0 Å². The maximum absolute atomic E-state index is 11.8. The monoisotopic (exact) mass is 273 g/mol. The molecule has 1 aliphatic carbocycles. The Labute approximate surface area is 120 Å². The van der Waals surface area contributed by atoms with E-state index in [0.717, 1.165) is 31.4 Å². The third-order valence-electron chi connectivity index (χ3n) is 4.85. The maximum Gasteiger partial charge on any atom is 0.325 e. The van der Waals surface area contributed by atoms with Crippen LogP contribution in [0.25, 0.3) is 0 Å². The zero-order chi connectivity index (χ0) is 13.9. The lowest BCUT2D eigenvalue weighted by Gasteiger charge is -2.40. The Morgan fingerprint density at radius 1 is 1.10 bits per heavy atom. The quantitative estimate of drug-likeness (QED) is 0.840. The van der Waals surface area contributed by atoms with E-state index in [1.807, 2.05) is 18.2 Å². The highest BCUT2D eigenvalue weighted by Gasteiger charge is 2.36. The van der Waals surface area contributed by atoms with E-state index in [-0.39, 0.29) is 0 Å². The Morgan fingerprint density at radius 2 is 1.80 bits per heavy atom. The SMILES string of the molecule is O=C(O)C1c2ccccc2CCN1C1CCCCCC1. The molecule has 108 valence electrons. The number of nitrogens with zero attached hydrogens (tertiary/aromatic N) is 1. The predicted octanol–water partition coefficient (Wildman–Crippen LogP) is 3.39. The van der Waals surface area contributed by atoms with Crippen molar-refractivity contribution in [3.8, 4) is 0 Å². The zero-order valence-electron chi connectivity index (χ0n) is 11.9. The van der Waals surface area contributed by atoms with Crippen LogP contribution in [0.1, 0.15) is 55.7 Å². The van der Waals surface area contributed by atoms with Gasteiger partial charge < -0.3 is 5.11 Å². The number of carbonyl (C=O) groups is 1. The zero-order valence-corrected chi connectivity index (χ0v) is 11.9. The van der Waals surface area contributed by atoms with Crippen molar-refractivity contribution in [2.45, 2.75) is 57.0 Å². The molecule has 0 bridgehead atoms. The summed E-state index contributed by atoms with van der Waals surface area (Å²) in [4.78, 5) is 14.1. The van der Waals surface area contributed by atoms with E-state index in [1.165, 1.54) is 31.2 Å². The second-order valence-corrected chi connectivity index (χ2v) is 6.07. The standard InChI is InChI=1S/C17H23NO2/c19-17(20)16-15-10-6-5-7-13(15)11-12-18(16)14-8-3-1-2-4-9-14/h5-7,10,14,16H,1-4,8-9,11-12H2,(H,19,20). The smallest absolute Gasteiger partial charge is 0.325 e. The second kappa shape index (κ2) is 5.96. The first-order valence-corrected chi connectivity index (χ1v) is 7.84. The molecule has 1 aromatic rings. The molecule has 1 heterocycles. The van der Waals surface area contributed by atoms with Gasteiger partial charge in [-0.25, -0.2) is 0 Å². The highest BCUT2D eigenvalue weighted by molar-refractivity contribution is 5.76. The van der Waals surface area contributed by atoms with E-state index in [0.29, 0.717) is 6.04 Å². The number of rotatable bonds is 2. The molecule has 20 heavy (non-hydrogen) atoms. The summed E-state index contributed by atoms with van der Waals surface area (Å²) < 4.78 is 0. The molecule has 1 saturated carbocycles. The summed E-state index contributed by atoms with van der Waals surface area (Å²) in [6.07, 6.45) is 8.40. The molecule has 0 amide bonds. The van der Waals surface area contributed by atoms with Gasteiger partial charge in [-0.15, -0.1) is 0 Å². The summed E-state index contributed by atoms with van der Waals surface area (Å²) in [6, 6.07) is 8.06. The van der Waals surface area contributed by atoms with Crippen LogP contribution >= 0.6 is 0 Å². The van der Waals surface area contributed by atoms with Crippen molar-refractivity contribution in [3.05, 3.63) is 35.4 Å². The molecule has 1 atom stereocenters. The van der Waals surface area contributed by atoms with Gasteiger partial charge >= 0.3 is 5.97 Å². The molecule has 1 aliphatic heterocycles. The second-order valence-electron chi connectivity index (χ2n) is 6.07. The van der Waals surface area contributed by atoms with E-state index in [9.17, 15) is 9.90 Å². The lowest BCUT2D eigenvalue weighted by atomic mass is 9.90. The van der Waals surface area contributed by atoms with Crippen molar-refractivity contribution in [2.24, 2.45) is 0 Å². The molecule has 0 aromatic heterocycles. The average Bonchev–Trinajstić information content (AvgIpc) is 2.74. The minimum absolute atomic E-state index is 0.442. The number of hydrogen-bond donors (Lipinski definition) is 1. The molecule has 3 heteroatoms. The Bertz CT molecular complexity index is 478. The van der Waals surface area contributed by atoms with Gasteiger partial charge in [0.05, 0.1) is 0 Å². The molecular weight excluding hydrogens is 250 g/mol. The van der Waals surface area contributed by atoms with Crippen molar-refractivity contribution in [3.63, 3.8) is 0 Å². The van der Waals surface area contributed by atoms with Gasteiger partial charge in [0.15, 0.2) is 0 Å². The van der Waals surface area contributed by atoms with E-state index in [1.54, 1.807) is 0 Å². The number of benzene rings is 1. The Kier molecular flexibility index (Phi) is 4.06. The number of fused-ring (bicyclic) bond motifs is 1. The first-order chi connectivity index (χ1) is 9.77. The predicted molar refractivity (Wildman–Crippen MR) is 78.7 cm³/mol. The van der Waals surface area contributed by atoms with Crippen LogP contribution in [0.5, 0.6) is 0 Å². The molecule has 2 aliphatic rings. The highest BCUT2D eigenvalue weighted by atomic mass is 16.4. The van der Waals surface area contributed by atoms with Crippen molar-refractivity contribution < 1.29 is 9.90 Å². The molecule has 1 fully saturated rings. The van der Waals surface area contributed by atoms with Crippen LogP contribution in [0.2, 0.25) is 0 Å². The molecular formula is C17H23NO2. The number of carboxylic acid groups (broad SMARTS) is 1. The lowest BCUT2D eigenvalue weighted by molar-refractivity contribution is -0.145. The number of carboxylic acids is 1. The van der Waals surface area contributed by atoms with Crippen LogP contribution < -0.4 is 0 Å². The highest BCUT2D eigenvalue weighted by Crippen LogP contribution is 2.35. The van der Waals surface area contributed by atoms with Crippen LogP contribution in [0.4, 0.5) is 0 Å². The summed E-state index contributed by atoms with van der Waals surface area (Å²) in [6.45, 7) is 0.888. The summed E-state index contributed by atoms with van der Waals surface area (Å²) in [5.41, 5.74) is 2.22. The van der Waals surface area contributed by atoms with Crippen LogP contribution in [-0.4, -0.2) is 28.6 Å². The molecule has 1 N–H and O–H groups in total. The largest absolute Gasteiger partial charge is 0.480 e. The Balaban J connectivity index is 1.89. The van der Waals surface area contributed by atoms with Gasteiger partial charge in [0.1, 0.15) is 6.04 Å². The van der Waals surface area contributed by atoms with Gasteiger partial charge in [-0.05, 0) is 30.4 Å². The minimum Gasteiger partial charge on any atom is -0.480 e. The Morgan fingerprint density at radius 3 is 2.50 bits per heavy atom. The van der Waals surface area contributed by atoms with E-state index >= 15 is 0 Å². The van der Waals surface area contributed by atoms with E-state index < -0.39 is 12.0 Å². The fraction of sp³-hybridized carbons (Fsp3) is 0.588. The summed E-state index contributed by atoms with van der Waals surface area (Å²) in [7, 11) is 0. The van der Waals surface area contributed by atoms with Gasteiger partial charge in [0.2, 0.25) is 0 Å². The minimum atomic E-state index is -0.693. The van der Waals surface area contributed by atoms with Crippen molar-refractivity contribution in [2.75, 3.05) is 6.54 Å². The van der Waals surface area contributed by atoms with Gasteiger partial charge in [0.25, 0.3) is 0 Å². The van der Waals surface area contributed by atoms with E-state index in [2.05, 4.69) is 11.0 Å². The fourth-order valence-corrected chi connectivity index (χ4v) is 3.84. The van der Waals surface area contributed by atoms with E-state index in [4.69, 9.17) is 0 Å². The van der Waals surface area contributed by atoms with Crippen LogP contribution in [0.15, 0.2) is 24.3 Å². The third-order valence-corrected chi connectivity index (χ3v) is 4.85. The molecule has 0 saturated heterocycles. The van der Waals surface area contributed by atoms with Crippen molar-refractivity contribution in [1.82, 2.24) is 4.90 Å². The topological polar surface area (TPSA) is 40.5 Å². The van der Waals surface area contributed by atoms with Gasteiger partial charge in [0, 0.05) is 12.6 Å². The molecule has 0 spiro atoms. The first-order valence-electron chi connectivity index (χ1n) is 7.84. The average molecular weight is 273 g/mol.